The lowest BCUT2D eigenvalue weighted by Gasteiger charge is -2.05. The van der Waals surface area contributed by atoms with Crippen molar-refractivity contribution in [2.75, 3.05) is 0 Å². The minimum absolute atomic E-state index is 0.755. The van der Waals surface area contributed by atoms with Gasteiger partial charge < -0.3 is 0 Å². The maximum absolute atomic E-state index is 4.27. The van der Waals surface area contributed by atoms with Crippen molar-refractivity contribution in [3.8, 4) is 0 Å². The third-order valence-electron chi connectivity index (χ3n) is 1.98. The summed E-state index contributed by atoms with van der Waals surface area (Å²) in [5, 5.41) is 0. The van der Waals surface area contributed by atoms with E-state index in [1.165, 1.54) is 12.1 Å². The first-order valence-corrected chi connectivity index (χ1v) is 4.22. The highest BCUT2D eigenvalue weighted by Gasteiger charge is 1.99. The van der Waals surface area contributed by atoms with Gasteiger partial charge in [-0.1, -0.05) is 26.3 Å². The van der Waals surface area contributed by atoms with Crippen LogP contribution in [0.1, 0.15) is 26.0 Å². The van der Waals surface area contributed by atoms with Gasteiger partial charge in [0, 0.05) is 11.9 Å². The highest BCUT2D eigenvalue weighted by Crippen LogP contribution is 2.07. The first-order valence-electron chi connectivity index (χ1n) is 4.22. The molecule has 60 valence electrons. The van der Waals surface area contributed by atoms with Crippen LogP contribution in [0.2, 0.25) is 0 Å². The van der Waals surface area contributed by atoms with E-state index in [0.29, 0.717) is 0 Å². The molecule has 0 saturated heterocycles. The molecule has 0 aliphatic heterocycles. The lowest BCUT2D eigenvalue weighted by molar-refractivity contribution is 0.552. The minimum Gasteiger partial charge on any atom is -0.261 e. The molecule has 0 bridgehead atoms. The van der Waals surface area contributed by atoms with E-state index >= 15 is 0 Å². The second-order valence-corrected chi connectivity index (χ2v) is 3.04. The quantitative estimate of drug-likeness (QED) is 0.644. The van der Waals surface area contributed by atoms with Crippen LogP contribution in [-0.4, -0.2) is 4.98 Å². The van der Waals surface area contributed by atoms with Crippen molar-refractivity contribution in [3.05, 3.63) is 30.1 Å². The summed E-state index contributed by atoms with van der Waals surface area (Å²) in [4.78, 5) is 4.27. The van der Waals surface area contributed by atoms with Gasteiger partial charge in [0.25, 0.3) is 0 Å². The van der Waals surface area contributed by atoms with E-state index in [1.54, 1.807) is 0 Å². The van der Waals surface area contributed by atoms with Crippen molar-refractivity contribution >= 4 is 0 Å². The molecule has 0 aliphatic carbocycles. The average molecular weight is 149 g/mol. The van der Waals surface area contributed by atoms with Crippen LogP contribution in [0.5, 0.6) is 0 Å². The Kier molecular flexibility index (Phi) is 3.09. The fourth-order valence-electron chi connectivity index (χ4n) is 1.02. The molecule has 1 aromatic heterocycles. The minimum atomic E-state index is 0.755. The van der Waals surface area contributed by atoms with Crippen LogP contribution < -0.4 is 0 Å². The van der Waals surface area contributed by atoms with Crippen molar-refractivity contribution in [2.24, 2.45) is 5.92 Å². The molecule has 1 nitrogen and oxygen atoms in total. The maximum atomic E-state index is 4.27. The summed E-state index contributed by atoms with van der Waals surface area (Å²) in [6, 6.07) is 6.09. The second-order valence-electron chi connectivity index (χ2n) is 3.04. The van der Waals surface area contributed by atoms with Crippen LogP contribution in [0.15, 0.2) is 24.4 Å². The molecular weight excluding hydrogens is 134 g/mol. The predicted molar refractivity (Wildman–Crippen MR) is 47.4 cm³/mol. The molecule has 1 rings (SSSR count). The summed E-state index contributed by atoms with van der Waals surface area (Å²) in [6.45, 7) is 4.47. The molecule has 0 aliphatic rings. The van der Waals surface area contributed by atoms with Gasteiger partial charge in [-0.05, 0) is 24.5 Å². The topological polar surface area (TPSA) is 12.9 Å². The molecule has 0 radical (unpaired) electrons. The van der Waals surface area contributed by atoms with Crippen molar-refractivity contribution in [2.45, 2.75) is 26.7 Å². The molecule has 1 heteroatoms. The fourth-order valence-corrected chi connectivity index (χ4v) is 1.02. The van der Waals surface area contributed by atoms with Gasteiger partial charge in [-0.15, -0.1) is 0 Å². The molecule has 1 aromatic rings. The Morgan fingerprint density at radius 2 is 2.27 bits per heavy atom. The molecule has 11 heavy (non-hydrogen) atoms. The Labute approximate surface area is 68.5 Å². The van der Waals surface area contributed by atoms with Gasteiger partial charge in [0.05, 0.1) is 0 Å². The fraction of sp³-hybridized carbons (Fsp3) is 0.500. The molecule has 0 unspecified atom stereocenters. The summed E-state index contributed by atoms with van der Waals surface area (Å²) in [7, 11) is 0. The summed E-state index contributed by atoms with van der Waals surface area (Å²) in [6.07, 6.45) is 4.20. The Morgan fingerprint density at radius 3 is 2.82 bits per heavy atom. The highest BCUT2D eigenvalue weighted by molar-refractivity contribution is 5.03. The molecular formula is C10H15N. The molecule has 1 heterocycles. The van der Waals surface area contributed by atoms with E-state index in [0.717, 1.165) is 12.3 Å². The first kappa shape index (κ1) is 8.25. The molecule has 0 saturated carbocycles. The highest BCUT2D eigenvalue weighted by atomic mass is 14.7. The van der Waals surface area contributed by atoms with Crippen molar-refractivity contribution in [1.29, 1.82) is 0 Å². The third kappa shape index (κ3) is 2.71. The largest absolute Gasteiger partial charge is 0.261 e. The second kappa shape index (κ2) is 4.12. The number of nitrogens with zero attached hydrogens (tertiary/aromatic N) is 1. The zero-order valence-electron chi connectivity index (χ0n) is 7.25. The van der Waals surface area contributed by atoms with Crippen LogP contribution in [0.25, 0.3) is 0 Å². The molecule has 0 fully saturated rings. The van der Waals surface area contributed by atoms with Crippen LogP contribution >= 0.6 is 0 Å². The standard InChI is InChI=1S/C10H15N/c1-3-9(2)8-10-6-4-5-7-11-10/h4-7,9H,3,8H2,1-2H3/t9-/m0/s1. The van der Waals surface area contributed by atoms with E-state index in [2.05, 4.69) is 24.9 Å². The molecule has 0 spiro atoms. The Morgan fingerprint density at radius 1 is 1.45 bits per heavy atom. The van der Waals surface area contributed by atoms with Gasteiger partial charge in [0.2, 0.25) is 0 Å². The van der Waals surface area contributed by atoms with Gasteiger partial charge in [-0.2, -0.15) is 0 Å². The van der Waals surface area contributed by atoms with Crippen LogP contribution in [-0.2, 0) is 6.42 Å². The summed E-state index contributed by atoms with van der Waals surface area (Å²) in [5.41, 5.74) is 1.21. The zero-order valence-corrected chi connectivity index (χ0v) is 7.25. The van der Waals surface area contributed by atoms with Crippen molar-refractivity contribution in [1.82, 2.24) is 4.98 Å². The Bertz CT molecular complexity index is 193. The monoisotopic (exact) mass is 149 g/mol. The van der Waals surface area contributed by atoms with Crippen LogP contribution in [0.3, 0.4) is 0 Å². The number of aromatic nitrogens is 1. The van der Waals surface area contributed by atoms with E-state index in [9.17, 15) is 0 Å². The lowest BCUT2D eigenvalue weighted by Crippen LogP contribution is -1.98. The predicted octanol–water partition coefficient (Wildman–Crippen LogP) is 2.67. The van der Waals surface area contributed by atoms with Gasteiger partial charge >= 0.3 is 0 Å². The van der Waals surface area contributed by atoms with E-state index in [-0.39, 0.29) is 0 Å². The smallest absolute Gasteiger partial charge is 0.0406 e. The normalized spacial score (nSPS) is 12.9. The van der Waals surface area contributed by atoms with Crippen LogP contribution in [0, 0.1) is 5.92 Å². The maximum Gasteiger partial charge on any atom is 0.0406 e. The number of rotatable bonds is 3. The summed E-state index contributed by atoms with van der Waals surface area (Å²) >= 11 is 0. The number of pyridine rings is 1. The average Bonchev–Trinajstić information content (AvgIpc) is 2.06. The lowest BCUT2D eigenvalue weighted by atomic mass is 10.0. The van der Waals surface area contributed by atoms with E-state index in [1.807, 2.05) is 18.3 Å². The number of hydrogen-bond acceptors (Lipinski definition) is 1. The van der Waals surface area contributed by atoms with E-state index < -0.39 is 0 Å². The van der Waals surface area contributed by atoms with Crippen molar-refractivity contribution in [3.63, 3.8) is 0 Å². The number of hydrogen-bond donors (Lipinski definition) is 0. The molecule has 0 N–H and O–H groups in total. The van der Waals surface area contributed by atoms with Gasteiger partial charge in [-0.3, -0.25) is 4.98 Å². The summed E-state index contributed by atoms with van der Waals surface area (Å²) < 4.78 is 0. The van der Waals surface area contributed by atoms with Gasteiger partial charge in [-0.25, -0.2) is 0 Å². The zero-order chi connectivity index (χ0) is 8.10. The third-order valence-corrected chi connectivity index (χ3v) is 1.98. The Balaban J connectivity index is 2.51. The Hall–Kier alpha value is -0.850. The van der Waals surface area contributed by atoms with Gasteiger partial charge in [0.15, 0.2) is 0 Å². The molecule has 0 amide bonds. The summed E-state index contributed by atoms with van der Waals surface area (Å²) in [5.74, 6) is 0.755. The molecule has 1 atom stereocenters. The molecule has 0 aromatic carbocycles. The van der Waals surface area contributed by atoms with Crippen LogP contribution in [0.4, 0.5) is 0 Å². The van der Waals surface area contributed by atoms with Gasteiger partial charge in [0.1, 0.15) is 0 Å². The SMILES string of the molecule is CC[C@H](C)Cc1ccccn1. The van der Waals surface area contributed by atoms with E-state index in [4.69, 9.17) is 0 Å². The van der Waals surface area contributed by atoms with Crippen molar-refractivity contribution < 1.29 is 0 Å². The first-order chi connectivity index (χ1) is 5.33.